The fourth-order valence-electron chi connectivity index (χ4n) is 2.85. The van der Waals surface area contributed by atoms with E-state index < -0.39 is 17.4 Å². The minimum absolute atomic E-state index is 0.149. The molecule has 0 unspecified atom stereocenters. The van der Waals surface area contributed by atoms with Crippen LogP contribution in [0.5, 0.6) is 17.2 Å². The minimum Gasteiger partial charge on any atom is -0.501 e. The van der Waals surface area contributed by atoms with Crippen molar-refractivity contribution >= 4 is 5.78 Å². The Morgan fingerprint density at radius 1 is 1.00 bits per heavy atom. The largest absolute Gasteiger partial charge is 0.501 e. The molecule has 1 aliphatic heterocycles. The van der Waals surface area contributed by atoms with E-state index in [1.807, 2.05) is 0 Å². The lowest BCUT2D eigenvalue weighted by atomic mass is 9.89. The highest BCUT2D eigenvalue weighted by Gasteiger charge is 2.68. The number of ether oxygens (including phenoxy) is 6. The van der Waals surface area contributed by atoms with E-state index in [0.717, 1.165) is 0 Å². The Bertz CT molecular complexity index is 668. The van der Waals surface area contributed by atoms with E-state index in [9.17, 15) is 4.79 Å². The van der Waals surface area contributed by atoms with Crippen LogP contribution in [0.4, 0.5) is 0 Å². The van der Waals surface area contributed by atoms with Crippen LogP contribution in [0.2, 0.25) is 0 Å². The topological polar surface area (TPSA) is 72.5 Å². The second kappa shape index (κ2) is 5.43. The van der Waals surface area contributed by atoms with Crippen LogP contribution in [0.1, 0.15) is 6.42 Å². The molecule has 23 heavy (non-hydrogen) atoms. The first-order valence-electron chi connectivity index (χ1n) is 6.99. The Balaban J connectivity index is 2.15. The van der Waals surface area contributed by atoms with Gasteiger partial charge in [-0.05, 0) is 12.1 Å². The van der Waals surface area contributed by atoms with E-state index in [4.69, 9.17) is 28.4 Å². The smallest absolute Gasteiger partial charge is 0.342 e. The summed E-state index contributed by atoms with van der Waals surface area (Å²) in [5, 5.41) is 0. The SMILES string of the molecule is COC1=CC(=O)[C@]2(OC)Oc3ccc(OC)cc3O[C@]2(OC)C1. The van der Waals surface area contributed by atoms with Crippen molar-refractivity contribution < 1.29 is 33.2 Å². The van der Waals surface area contributed by atoms with Gasteiger partial charge < -0.3 is 28.4 Å². The van der Waals surface area contributed by atoms with Gasteiger partial charge >= 0.3 is 5.79 Å². The van der Waals surface area contributed by atoms with Gasteiger partial charge in [-0.25, -0.2) is 0 Å². The van der Waals surface area contributed by atoms with Crippen LogP contribution in [0.25, 0.3) is 0 Å². The predicted molar refractivity (Wildman–Crippen MR) is 78.4 cm³/mol. The first kappa shape index (κ1) is 15.6. The van der Waals surface area contributed by atoms with Gasteiger partial charge in [-0.3, -0.25) is 4.79 Å². The highest BCUT2D eigenvalue weighted by Crippen LogP contribution is 2.50. The zero-order valence-electron chi connectivity index (χ0n) is 13.4. The Kier molecular flexibility index (Phi) is 3.69. The molecule has 0 aromatic heterocycles. The Morgan fingerprint density at radius 2 is 1.78 bits per heavy atom. The number of rotatable bonds is 4. The zero-order valence-corrected chi connectivity index (χ0v) is 13.4. The summed E-state index contributed by atoms with van der Waals surface area (Å²) in [6.45, 7) is 0. The van der Waals surface area contributed by atoms with Crippen molar-refractivity contribution in [3.8, 4) is 17.2 Å². The van der Waals surface area contributed by atoms with Crippen molar-refractivity contribution in [3.63, 3.8) is 0 Å². The van der Waals surface area contributed by atoms with E-state index in [1.165, 1.54) is 27.4 Å². The first-order valence-corrected chi connectivity index (χ1v) is 6.99. The molecule has 7 nitrogen and oxygen atoms in total. The van der Waals surface area contributed by atoms with Crippen molar-refractivity contribution in [2.45, 2.75) is 18.0 Å². The summed E-state index contributed by atoms with van der Waals surface area (Å²) < 4.78 is 33.3. The summed E-state index contributed by atoms with van der Waals surface area (Å²) in [7, 11) is 5.82. The predicted octanol–water partition coefficient (Wildman–Crippen LogP) is 1.65. The van der Waals surface area contributed by atoms with Crippen LogP contribution >= 0.6 is 0 Å². The lowest BCUT2D eigenvalue weighted by Crippen LogP contribution is -2.70. The number of hydrogen-bond donors (Lipinski definition) is 0. The van der Waals surface area contributed by atoms with Gasteiger partial charge in [0.15, 0.2) is 11.5 Å². The third-order valence-electron chi connectivity index (χ3n) is 4.08. The van der Waals surface area contributed by atoms with E-state index in [-0.39, 0.29) is 6.42 Å². The van der Waals surface area contributed by atoms with E-state index >= 15 is 0 Å². The van der Waals surface area contributed by atoms with Crippen LogP contribution in [0.15, 0.2) is 30.0 Å². The second-order valence-electron chi connectivity index (χ2n) is 5.15. The molecule has 7 heteroatoms. The molecule has 0 N–H and O–H groups in total. The summed E-state index contributed by atoms with van der Waals surface area (Å²) in [5.41, 5.74) is 0. The lowest BCUT2D eigenvalue weighted by molar-refractivity contribution is -0.343. The number of hydrogen-bond acceptors (Lipinski definition) is 7. The summed E-state index contributed by atoms with van der Waals surface area (Å²) in [6, 6.07) is 5.01. The standard InChI is InChI=1S/C16H18O7/c1-18-10-5-6-12-13(7-10)22-15(20-3)9-11(19-2)8-14(17)16(15,21-4)23-12/h5-8H,9H2,1-4H3/t15-,16+/m1/s1. The highest BCUT2D eigenvalue weighted by molar-refractivity contribution is 5.99. The number of fused-ring (bicyclic) bond motifs is 2. The summed E-state index contributed by atoms with van der Waals surface area (Å²) in [5.74, 6) is -1.94. The maximum absolute atomic E-state index is 12.7. The molecule has 124 valence electrons. The van der Waals surface area contributed by atoms with Crippen molar-refractivity contribution in [3.05, 3.63) is 30.0 Å². The molecule has 0 saturated heterocycles. The molecule has 3 rings (SSSR count). The minimum atomic E-state index is -1.74. The molecule has 0 fully saturated rings. The quantitative estimate of drug-likeness (QED) is 0.834. The van der Waals surface area contributed by atoms with Gasteiger partial charge in [-0.1, -0.05) is 0 Å². The molecule has 0 radical (unpaired) electrons. The lowest BCUT2D eigenvalue weighted by Gasteiger charge is -2.50. The molecule has 0 amide bonds. The van der Waals surface area contributed by atoms with E-state index in [0.29, 0.717) is 23.0 Å². The first-order chi connectivity index (χ1) is 11.0. The van der Waals surface area contributed by atoms with Crippen molar-refractivity contribution in [1.82, 2.24) is 0 Å². The second-order valence-corrected chi connectivity index (χ2v) is 5.15. The normalized spacial score (nSPS) is 28.7. The van der Waals surface area contributed by atoms with E-state index in [2.05, 4.69) is 0 Å². The molecular formula is C16H18O7. The molecule has 1 heterocycles. The van der Waals surface area contributed by atoms with Crippen molar-refractivity contribution in [2.24, 2.45) is 0 Å². The van der Waals surface area contributed by atoms with Gasteiger partial charge in [0.1, 0.15) is 11.5 Å². The maximum atomic E-state index is 12.7. The van der Waals surface area contributed by atoms with Gasteiger partial charge in [0.25, 0.3) is 5.79 Å². The van der Waals surface area contributed by atoms with Gasteiger partial charge in [0.05, 0.1) is 20.6 Å². The number of carbonyl (C=O) groups excluding carboxylic acids is 1. The number of methoxy groups -OCH3 is 4. The molecule has 1 aromatic rings. The van der Waals surface area contributed by atoms with Gasteiger partial charge in [-0.15, -0.1) is 0 Å². The van der Waals surface area contributed by atoms with Crippen molar-refractivity contribution in [2.75, 3.05) is 28.4 Å². The average Bonchev–Trinajstić information content (AvgIpc) is 2.59. The average molecular weight is 322 g/mol. The van der Waals surface area contributed by atoms with Gasteiger partial charge in [-0.2, -0.15) is 0 Å². The zero-order chi connectivity index (χ0) is 16.7. The summed E-state index contributed by atoms with van der Waals surface area (Å²) >= 11 is 0. The van der Waals surface area contributed by atoms with Crippen LogP contribution < -0.4 is 14.2 Å². The Hall–Kier alpha value is -2.25. The van der Waals surface area contributed by atoms with Gasteiger partial charge in [0, 0.05) is 26.4 Å². The Labute approximate surface area is 133 Å². The molecule has 0 saturated carbocycles. The highest BCUT2D eigenvalue weighted by atomic mass is 16.8. The molecule has 0 spiro atoms. The van der Waals surface area contributed by atoms with E-state index in [1.54, 1.807) is 25.3 Å². The summed E-state index contributed by atoms with van der Waals surface area (Å²) in [4.78, 5) is 12.7. The molecule has 2 aliphatic rings. The molecule has 2 atom stereocenters. The molecule has 1 aliphatic carbocycles. The fourth-order valence-corrected chi connectivity index (χ4v) is 2.85. The maximum Gasteiger partial charge on any atom is 0.342 e. The number of benzene rings is 1. The van der Waals surface area contributed by atoms with Gasteiger partial charge in [0.2, 0.25) is 5.78 Å². The van der Waals surface area contributed by atoms with Crippen LogP contribution in [0, 0.1) is 0 Å². The van der Waals surface area contributed by atoms with Crippen LogP contribution in [0.3, 0.4) is 0 Å². The third-order valence-corrected chi connectivity index (χ3v) is 4.08. The monoisotopic (exact) mass is 322 g/mol. The Morgan fingerprint density at radius 3 is 2.39 bits per heavy atom. The van der Waals surface area contributed by atoms with Crippen LogP contribution in [-0.2, 0) is 19.0 Å². The third kappa shape index (κ3) is 2.08. The van der Waals surface area contributed by atoms with Crippen molar-refractivity contribution in [1.29, 1.82) is 0 Å². The van der Waals surface area contributed by atoms with Crippen LogP contribution in [-0.4, -0.2) is 45.8 Å². The molecule has 0 bridgehead atoms. The summed E-state index contributed by atoms with van der Waals surface area (Å²) in [6.07, 6.45) is 1.48. The number of carbonyl (C=O) groups is 1. The molecule has 1 aromatic carbocycles. The number of ketones is 1. The molecular weight excluding hydrogens is 304 g/mol. The fraction of sp³-hybridized carbons (Fsp3) is 0.438.